The Morgan fingerprint density at radius 2 is 2.08 bits per heavy atom. The highest BCUT2D eigenvalue weighted by Gasteiger charge is 2.30. The first kappa shape index (κ1) is 18.7. The van der Waals surface area contributed by atoms with Gasteiger partial charge in [0.05, 0.1) is 5.02 Å². The second kappa shape index (κ2) is 8.54. The van der Waals surface area contributed by atoms with E-state index >= 15 is 0 Å². The summed E-state index contributed by atoms with van der Waals surface area (Å²) >= 11 is 6.21. The second-order valence-corrected chi connectivity index (χ2v) is 7.28. The fourth-order valence-corrected chi connectivity index (χ4v) is 4.04. The van der Waals surface area contributed by atoms with Crippen LogP contribution in [0.15, 0.2) is 31.0 Å². The van der Waals surface area contributed by atoms with Crippen LogP contribution in [0, 0.1) is 0 Å². The summed E-state index contributed by atoms with van der Waals surface area (Å²) in [5.41, 5.74) is 0. The van der Waals surface area contributed by atoms with E-state index in [1.807, 2.05) is 12.1 Å². The molecule has 3 heterocycles. The van der Waals surface area contributed by atoms with E-state index in [4.69, 9.17) is 11.6 Å². The lowest BCUT2D eigenvalue weighted by Crippen LogP contribution is -2.46. The van der Waals surface area contributed by atoms with Crippen LogP contribution in [0.1, 0.15) is 32.1 Å². The van der Waals surface area contributed by atoms with Gasteiger partial charge >= 0.3 is 0 Å². The van der Waals surface area contributed by atoms with Gasteiger partial charge in [-0.15, -0.1) is 0 Å². The summed E-state index contributed by atoms with van der Waals surface area (Å²) in [6, 6.07) is 3.82. The number of carbonyl (C=O) groups is 2. The smallest absolute Gasteiger partial charge is 0.246 e. The summed E-state index contributed by atoms with van der Waals surface area (Å²) in [5.74, 6) is 0.748. The van der Waals surface area contributed by atoms with Gasteiger partial charge in [0.25, 0.3) is 0 Å². The quantitative estimate of drug-likeness (QED) is 0.801. The van der Waals surface area contributed by atoms with Crippen molar-refractivity contribution in [3.05, 3.63) is 36.0 Å². The van der Waals surface area contributed by atoms with Gasteiger partial charge in [0, 0.05) is 44.3 Å². The van der Waals surface area contributed by atoms with E-state index in [0.717, 1.165) is 44.6 Å². The molecule has 2 fully saturated rings. The Morgan fingerprint density at radius 1 is 1.31 bits per heavy atom. The van der Waals surface area contributed by atoms with Gasteiger partial charge in [-0.25, -0.2) is 4.98 Å². The van der Waals surface area contributed by atoms with E-state index in [1.165, 1.54) is 6.08 Å². The SMILES string of the molecule is C=CC(=O)N1CCCC1CC(=O)NC1CCN(c2ncccc2Cl)CC1. The van der Waals surface area contributed by atoms with Crippen LogP contribution >= 0.6 is 11.6 Å². The van der Waals surface area contributed by atoms with Crippen LogP contribution in [0.3, 0.4) is 0 Å². The number of amides is 2. The summed E-state index contributed by atoms with van der Waals surface area (Å²) in [7, 11) is 0. The van der Waals surface area contributed by atoms with Crippen molar-refractivity contribution in [3.63, 3.8) is 0 Å². The molecule has 0 spiro atoms. The zero-order chi connectivity index (χ0) is 18.5. The van der Waals surface area contributed by atoms with Gasteiger partial charge in [-0.3, -0.25) is 9.59 Å². The number of aromatic nitrogens is 1. The van der Waals surface area contributed by atoms with Crippen molar-refractivity contribution >= 4 is 29.2 Å². The Labute approximate surface area is 159 Å². The Hall–Kier alpha value is -2.08. The summed E-state index contributed by atoms with van der Waals surface area (Å²) in [5, 5.41) is 3.78. The maximum atomic E-state index is 12.4. The predicted octanol–water partition coefficient (Wildman–Crippen LogP) is 2.39. The Balaban J connectivity index is 1.47. The molecule has 0 bridgehead atoms. The summed E-state index contributed by atoms with van der Waals surface area (Å²) in [4.78, 5) is 32.5. The van der Waals surface area contributed by atoms with E-state index in [-0.39, 0.29) is 23.9 Å². The number of pyridine rings is 1. The number of carbonyl (C=O) groups excluding carboxylic acids is 2. The maximum Gasteiger partial charge on any atom is 0.246 e. The second-order valence-electron chi connectivity index (χ2n) is 6.87. The summed E-state index contributed by atoms with van der Waals surface area (Å²) in [6.07, 6.45) is 6.98. The fourth-order valence-electron chi connectivity index (χ4n) is 3.80. The molecule has 1 unspecified atom stereocenters. The first-order valence-corrected chi connectivity index (χ1v) is 9.54. The van der Waals surface area contributed by atoms with Crippen molar-refractivity contribution in [3.8, 4) is 0 Å². The average Bonchev–Trinajstić information content (AvgIpc) is 3.10. The number of hydrogen-bond acceptors (Lipinski definition) is 4. The number of likely N-dealkylation sites (tertiary alicyclic amines) is 1. The van der Waals surface area contributed by atoms with Crippen LogP contribution in [-0.4, -0.2) is 53.4 Å². The molecule has 6 nitrogen and oxygen atoms in total. The molecule has 1 atom stereocenters. The van der Waals surface area contributed by atoms with Gasteiger partial charge in [0.1, 0.15) is 5.82 Å². The number of nitrogens with zero attached hydrogens (tertiary/aromatic N) is 3. The van der Waals surface area contributed by atoms with Crippen molar-refractivity contribution in [2.75, 3.05) is 24.5 Å². The highest BCUT2D eigenvalue weighted by Crippen LogP contribution is 2.25. The molecule has 26 heavy (non-hydrogen) atoms. The monoisotopic (exact) mass is 376 g/mol. The number of anilines is 1. The standard InChI is InChI=1S/C19H25ClN4O2/c1-2-18(26)24-10-4-5-15(24)13-17(25)22-14-7-11-23(12-8-14)19-16(20)6-3-9-21-19/h2-3,6,9,14-15H,1,4-5,7-8,10-13H2,(H,22,25). The molecular weight excluding hydrogens is 352 g/mol. The Kier molecular flexibility index (Phi) is 6.14. The molecule has 7 heteroatoms. The zero-order valence-corrected chi connectivity index (χ0v) is 15.6. The van der Waals surface area contributed by atoms with Crippen LogP contribution < -0.4 is 10.2 Å². The number of halogens is 1. The molecule has 0 aliphatic carbocycles. The molecule has 2 aliphatic rings. The minimum atomic E-state index is -0.0825. The van der Waals surface area contributed by atoms with Crippen molar-refractivity contribution in [2.24, 2.45) is 0 Å². The normalized spacial score (nSPS) is 20.9. The molecule has 2 amide bonds. The highest BCUT2D eigenvalue weighted by molar-refractivity contribution is 6.32. The minimum absolute atomic E-state index is 0.00656. The fraction of sp³-hybridized carbons (Fsp3) is 0.526. The number of hydrogen-bond donors (Lipinski definition) is 1. The summed E-state index contributed by atoms with van der Waals surface area (Å²) < 4.78 is 0. The summed E-state index contributed by atoms with van der Waals surface area (Å²) in [6.45, 7) is 5.88. The molecule has 0 aromatic carbocycles. The first-order valence-electron chi connectivity index (χ1n) is 9.16. The van der Waals surface area contributed by atoms with E-state index < -0.39 is 0 Å². The third-order valence-electron chi connectivity index (χ3n) is 5.15. The van der Waals surface area contributed by atoms with Gasteiger partial charge in [0.2, 0.25) is 11.8 Å². The predicted molar refractivity (Wildman–Crippen MR) is 102 cm³/mol. The van der Waals surface area contributed by atoms with Gasteiger partial charge in [0.15, 0.2) is 0 Å². The largest absolute Gasteiger partial charge is 0.355 e. The van der Waals surface area contributed by atoms with Crippen molar-refractivity contribution < 1.29 is 9.59 Å². The minimum Gasteiger partial charge on any atom is -0.355 e. The zero-order valence-electron chi connectivity index (χ0n) is 14.9. The molecule has 140 valence electrons. The molecule has 1 N–H and O–H groups in total. The molecule has 3 rings (SSSR count). The Bertz CT molecular complexity index is 673. The molecule has 0 saturated carbocycles. The molecule has 2 aliphatic heterocycles. The van der Waals surface area contributed by atoms with Crippen LogP contribution in [0.4, 0.5) is 5.82 Å². The van der Waals surface area contributed by atoms with Crippen LogP contribution in [0.25, 0.3) is 0 Å². The molecule has 2 saturated heterocycles. The lowest BCUT2D eigenvalue weighted by Gasteiger charge is -2.34. The topological polar surface area (TPSA) is 65.5 Å². The average molecular weight is 377 g/mol. The Morgan fingerprint density at radius 3 is 2.77 bits per heavy atom. The molecule has 0 radical (unpaired) electrons. The third-order valence-corrected chi connectivity index (χ3v) is 5.45. The molecular formula is C19H25ClN4O2. The highest BCUT2D eigenvalue weighted by atomic mass is 35.5. The number of rotatable bonds is 5. The van der Waals surface area contributed by atoms with Crippen molar-refractivity contribution in [1.82, 2.24) is 15.2 Å². The lowest BCUT2D eigenvalue weighted by atomic mass is 10.0. The van der Waals surface area contributed by atoms with E-state index in [1.54, 1.807) is 11.1 Å². The molecule has 1 aromatic heterocycles. The van der Waals surface area contributed by atoms with Crippen LogP contribution in [0.5, 0.6) is 0 Å². The maximum absolute atomic E-state index is 12.4. The van der Waals surface area contributed by atoms with Crippen LogP contribution in [0.2, 0.25) is 5.02 Å². The van der Waals surface area contributed by atoms with Gasteiger partial charge in [-0.05, 0) is 43.9 Å². The molecule has 1 aromatic rings. The third kappa shape index (κ3) is 4.36. The number of nitrogens with one attached hydrogen (secondary N) is 1. The van der Waals surface area contributed by atoms with E-state index in [0.29, 0.717) is 18.0 Å². The lowest BCUT2D eigenvalue weighted by molar-refractivity contribution is -0.128. The van der Waals surface area contributed by atoms with Crippen LogP contribution in [-0.2, 0) is 9.59 Å². The van der Waals surface area contributed by atoms with Gasteiger partial charge < -0.3 is 15.1 Å². The first-order chi connectivity index (χ1) is 12.6. The van der Waals surface area contributed by atoms with E-state index in [9.17, 15) is 9.59 Å². The van der Waals surface area contributed by atoms with Crippen molar-refractivity contribution in [2.45, 2.75) is 44.2 Å². The number of piperidine rings is 1. The van der Waals surface area contributed by atoms with Gasteiger partial charge in [-0.1, -0.05) is 18.2 Å². The van der Waals surface area contributed by atoms with E-state index in [2.05, 4.69) is 21.8 Å². The van der Waals surface area contributed by atoms with Gasteiger partial charge in [-0.2, -0.15) is 0 Å². The van der Waals surface area contributed by atoms with Crippen molar-refractivity contribution in [1.29, 1.82) is 0 Å².